The van der Waals surface area contributed by atoms with Crippen molar-refractivity contribution in [2.45, 2.75) is 13.3 Å². The van der Waals surface area contributed by atoms with E-state index < -0.39 is 0 Å². The fourth-order valence-electron chi connectivity index (χ4n) is 3.09. The summed E-state index contributed by atoms with van der Waals surface area (Å²) < 4.78 is 15.8. The van der Waals surface area contributed by atoms with Crippen LogP contribution in [0, 0.1) is 0 Å². The Balaban J connectivity index is 1.66. The molecule has 0 unspecified atom stereocenters. The second kappa shape index (κ2) is 11.5. The van der Waals surface area contributed by atoms with Gasteiger partial charge in [0.05, 0.1) is 26.4 Å². The standard InChI is InChI=1S/C24H26N2O4S2/c1-4-30-23(27)18-15-21(17-8-6-5-7-9-17)32-22(18)26-24(31)25-13-12-16-10-11-19(28-2)20(14-16)29-3/h5-11,14-15H,4,12-13H2,1-3H3,(H2,25,26,31). The highest BCUT2D eigenvalue weighted by Gasteiger charge is 2.19. The number of thiocarbonyl (C=S) groups is 1. The first-order valence-electron chi connectivity index (χ1n) is 10.2. The molecule has 0 amide bonds. The summed E-state index contributed by atoms with van der Waals surface area (Å²) in [4.78, 5) is 13.4. The van der Waals surface area contributed by atoms with E-state index >= 15 is 0 Å². The molecule has 168 valence electrons. The first kappa shape index (κ1) is 23.6. The van der Waals surface area contributed by atoms with Crippen LogP contribution in [0.5, 0.6) is 11.5 Å². The molecule has 0 spiro atoms. The Morgan fingerprint density at radius 3 is 2.47 bits per heavy atom. The predicted molar refractivity (Wildman–Crippen MR) is 133 cm³/mol. The van der Waals surface area contributed by atoms with Crippen LogP contribution in [0.15, 0.2) is 54.6 Å². The third-order valence-electron chi connectivity index (χ3n) is 4.66. The summed E-state index contributed by atoms with van der Waals surface area (Å²) in [5, 5.41) is 7.46. The molecule has 6 nitrogen and oxygen atoms in total. The van der Waals surface area contributed by atoms with Crippen molar-refractivity contribution in [2.24, 2.45) is 0 Å². The fraction of sp³-hybridized carbons (Fsp3) is 0.250. The van der Waals surface area contributed by atoms with E-state index in [0.717, 1.165) is 22.4 Å². The summed E-state index contributed by atoms with van der Waals surface area (Å²) in [7, 11) is 3.23. The number of methoxy groups -OCH3 is 2. The van der Waals surface area contributed by atoms with E-state index in [4.69, 9.17) is 26.4 Å². The van der Waals surface area contributed by atoms with E-state index in [1.165, 1.54) is 11.3 Å². The lowest BCUT2D eigenvalue weighted by atomic mass is 10.1. The molecule has 3 aromatic rings. The quantitative estimate of drug-likeness (QED) is 0.332. The minimum Gasteiger partial charge on any atom is -0.493 e. The average molecular weight is 471 g/mol. The Bertz CT molecular complexity index is 1070. The molecule has 3 rings (SSSR count). The first-order chi connectivity index (χ1) is 15.5. The number of anilines is 1. The molecule has 32 heavy (non-hydrogen) atoms. The summed E-state index contributed by atoms with van der Waals surface area (Å²) in [5.74, 6) is 1.01. The van der Waals surface area contributed by atoms with E-state index in [0.29, 0.717) is 40.3 Å². The van der Waals surface area contributed by atoms with Crippen molar-refractivity contribution in [3.05, 3.63) is 65.7 Å². The summed E-state index contributed by atoms with van der Waals surface area (Å²) in [6.45, 7) is 2.71. The Morgan fingerprint density at radius 2 is 1.78 bits per heavy atom. The number of carbonyl (C=O) groups excluding carboxylic acids is 1. The number of rotatable bonds is 9. The van der Waals surface area contributed by atoms with Crippen LogP contribution in [0.4, 0.5) is 5.00 Å². The Labute approximate surface area is 197 Å². The van der Waals surface area contributed by atoms with Crippen LogP contribution in [0.1, 0.15) is 22.8 Å². The van der Waals surface area contributed by atoms with E-state index in [9.17, 15) is 4.79 Å². The average Bonchev–Trinajstić information content (AvgIpc) is 3.23. The molecule has 0 aliphatic carbocycles. The molecule has 0 radical (unpaired) electrons. The van der Waals surface area contributed by atoms with E-state index in [1.54, 1.807) is 21.1 Å². The molecule has 1 aromatic heterocycles. The molecule has 0 saturated heterocycles. The normalized spacial score (nSPS) is 10.3. The van der Waals surface area contributed by atoms with Crippen LogP contribution in [-0.2, 0) is 11.2 Å². The molecule has 0 saturated carbocycles. The van der Waals surface area contributed by atoms with Crippen molar-refractivity contribution in [2.75, 3.05) is 32.7 Å². The topological polar surface area (TPSA) is 68.8 Å². The maximum atomic E-state index is 12.5. The number of hydrogen-bond acceptors (Lipinski definition) is 6. The largest absolute Gasteiger partial charge is 0.493 e. The minimum atomic E-state index is -0.374. The van der Waals surface area contributed by atoms with Gasteiger partial charge in [-0.2, -0.15) is 0 Å². The zero-order chi connectivity index (χ0) is 22.9. The van der Waals surface area contributed by atoms with Gasteiger partial charge in [0.1, 0.15) is 5.00 Å². The van der Waals surface area contributed by atoms with Gasteiger partial charge in [0.25, 0.3) is 0 Å². The highest BCUT2D eigenvalue weighted by Crippen LogP contribution is 2.36. The van der Waals surface area contributed by atoms with Crippen molar-refractivity contribution in [3.8, 4) is 21.9 Å². The number of hydrogen-bond donors (Lipinski definition) is 2. The van der Waals surface area contributed by atoms with E-state index in [1.807, 2.05) is 54.6 Å². The van der Waals surface area contributed by atoms with Crippen LogP contribution < -0.4 is 20.1 Å². The SMILES string of the molecule is CCOC(=O)c1cc(-c2ccccc2)sc1NC(=S)NCCc1ccc(OC)c(OC)c1. The number of thiophene rings is 1. The van der Waals surface area contributed by atoms with Gasteiger partial charge in [-0.05, 0) is 54.9 Å². The summed E-state index contributed by atoms with van der Waals surface area (Å²) in [6, 6.07) is 17.6. The number of nitrogens with one attached hydrogen (secondary N) is 2. The smallest absolute Gasteiger partial charge is 0.341 e. The van der Waals surface area contributed by atoms with Crippen molar-refractivity contribution >= 4 is 39.6 Å². The van der Waals surface area contributed by atoms with Crippen LogP contribution >= 0.6 is 23.6 Å². The summed E-state index contributed by atoms with van der Waals surface area (Å²) >= 11 is 6.93. The lowest BCUT2D eigenvalue weighted by Crippen LogP contribution is -2.30. The number of ether oxygens (including phenoxy) is 3. The van der Waals surface area contributed by atoms with Crippen LogP contribution in [0.2, 0.25) is 0 Å². The van der Waals surface area contributed by atoms with Crippen molar-refractivity contribution < 1.29 is 19.0 Å². The zero-order valence-corrected chi connectivity index (χ0v) is 19.9. The van der Waals surface area contributed by atoms with Gasteiger partial charge in [-0.1, -0.05) is 36.4 Å². The number of benzene rings is 2. The molecule has 0 bridgehead atoms. The zero-order valence-electron chi connectivity index (χ0n) is 18.3. The molecule has 0 aliphatic heterocycles. The Kier molecular flexibility index (Phi) is 8.47. The molecular weight excluding hydrogens is 444 g/mol. The van der Waals surface area contributed by atoms with Crippen molar-refractivity contribution in [1.82, 2.24) is 5.32 Å². The molecule has 1 heterocycles. The number of esters is 1. The first-order valence-corrected chi connectivity index (χ1v) is 11.4. The third-order valence-corrected chi connectivity index (χ3v) is 6.01. The molecule has 0 aliphatic rings. The molecule has 8 heteroatoms. The fourth-order valence-corrected chi connectivity index (χ4v) is 4.42. The van der Waals surface area contributed by atoms with Crippen LogP contribution in [-0.4, -0.2) is 38.5 Å². The Hall–Kier alpha value is -3.10. The van der Waals surface area contributed by atoms with Gasteiger partial charge < -0.3 is 24.8 Å². The van der Waals surface area contributed by atoms with E-state index in [2.05, 4.69) is 10.6 Å². The molecule has 2 aromatic carbocycles. The maximum Gasteiger partial charge on any atom is 0.341 e. The second-order valence-corrected chi connectivity index (χ2v) is 8.22. The minimum absolute atomic E-state index is 0.308. The lowest BCUT2D eigenvalue weighted by molar-refractivity contribution is 0.0528. The summed E-state index contributed by atoms with van der Waals surface area (Å²) in [6.07, 6.45) is 0.743. The van der Waals surface area contributed by atoms with Gasteiger partial charge >= 0.3 is 5.97 Å². The predicted octanol–water partition coefficient (Wildman–Crippen LogP) is 5.14. The van der Waals surface area contributed by atoms with Crippen molar-refractivity contribution in [1.29, 1.82) is 0 Å². The van der Waals surface area contributed by atoms with Gasteiger partial charge in [0.2, 0.25) is 0 Å². The van der Waals surface area contributed by atoms with Crippen LogP contribution in [0.3, 0.4) is 0 Å². The lowest BCUT2D eigenvalue weighted by Gasteiger charge is -2.12. The van der Waals surface area contributed by atoms with Gasteiger partial charge in [0, 0.05) is 11.4 Å². The second-order valence-electron chi connectivity index (χ2n) is 6.76. The van der Waals surface area contributed by atoms with Crippen LogP contribution in [0.25, 0.3) is 10.4 Å². The van der Waals surface area contributed by atoms with E-state index in [-0.39, 0.29) is 5.97 Å². The van der Waals surface area contributed by atoms with Gasteiger partial charge in [-0.3, -0.25) is 0 Å². The highest BCUT2D eigenvalue weighted by atomic mass is 32.1. The van der Waals surface area contributed by atoms with Gasteiger partial charge in [0.15, 0.2) is 16.6 Å². The monoisotopic (exact) mass is 470 g/mol. The van der Waals surface area contributed by atoms with Gasteiger partial charge in [-0.15, -0.1) is 11.3 Å². The van der Waals surface area contributed by atoms with Gasteiger partial charge in [-0.25, -0.2) is 4.79 Å². The highest BCUT2D eigenvalue weighted by molar-refractivity contribution is 7.80. The Morgan fingerprint density at radius 1 is 1.03 bits per heavy atom. The molecule has 2 N–H and O–H groups in total. The molecule has 0 fully saturated rings. The molecular formula is C24H26N2O4S2. The summed E-state index contributed by atoms with van der Waals surface area (Å²) in [5.41, 5.74) is 2.59. The van der Waals surface area contributed by atoms with Crippen molar-refractivity contribution in [3.63, 3.8) is 0 Å². The number of carbonyl (C=O) groups is 1. The maximum absolute atomic E-state index is 12.5. The molecule has 0 atom stereocenters. The third kappa shape index (κ3) is 5.99.